The van der Waals surface area contributed by atoms with Crippen LogP contribution in [0.2, 0.25) is 0 Å². The molecule has 1 aromatic carbocycles. The molecule has 1 saturated heterocycles. The van der Waals surface area contributed by atoms with Gasteiger partial charge in [-0.25, -0.2) is 4.98 Å². The van der Waals surface area contributed by atoms with Gasteiger partial charge in [0.05, 0.1) is 31.2 Å². The van der Waals surface area contributed by atoms with Crippen LogP contribution in [-0.4, -0.2) is 90.6 Å². The predicted octanol–water partition coefficient (Wildman–Crippen LogP) is 3.67. The Labute approximate surface area is 240 Å². The average Bonchev–Trinajstić information content (AvgIpc) is 3.65. The molecule has 10 nitrogen and oxygen atoms in total. The number of anilines is 5. The van der Waals surface area contributed by atoms with Crippen LogP contribution in [0.3, 0.4) is 0 Å². The monoisotopic (exact) mass is 565 g/mol. The van der Waals surface area contributed by atoms with Crippen molar-refractivity contribution in [2.45, 2.75) is 57.5 Å². The van der Waals surface area contributed by atoms with E-state index in [1.165, 1.54) is 12.8 Å². The van der Waals surface area contributed by atoms with Gasteiger partial charge in [-0.05, 0) is 37.3 Å². The minimum Gasteiger partial charge on any atom is -0.494 e. The summed E-state index contributed by atoms with van der Waals surface area (Å²) in [4.78, 5) is 44.1. The van der Waals surface area contributed by atoms with Gasteiger partial charge in [0.15, 0.2) is 5.82 Å². The Kier molecular flexibility index (Phi) is 7.76. The van der Waals surface area contributed by atoms with Gasteiger partial charge in [-0.1, -0.05) is 19.8 Å². The minimum absolute atomic E-state index is 0.102. The highest BCUT2D eigenvalue weighted by molar-refractivity contribution is 7.99. The molecule has 4 heterocycles. The van der Waals surface area contributed by atoms with Gasteiger partial charge in [-0.15, -0.1) is 0 Å². The zero-order valence-electron chi connectivity index (χ0n) is 23.7. The first kappa shape index (κ1) is 27.1. The fourth-order valence-corrected chi connectivity index (χ4v) is 7.52. The van der Waals surface area contributed by atoms with E-state index in [2.05, 4.69) is 33.1 Å². The lowest BCUT2D eigenvalue weighted by molar-refractivity contribution is -0.120. The average molecular weight is 566 g/mol. The first-order chi connectivity index (χ1) is 19.5. The van der Waals surface area contributed by atoms with E-state index in [4.69, 9.17) is 9.72 Å². The second kappa shape index (κ2) is 11.4. The van der Waals surface area contributed by atoms with E-state index in [9.17, 15) is 9.59 Å². The molecule has 3 aliphatic heterocycles. The molecular weight excluding hydrogens is 526 g/mol. The molecule has 2 amide bonds. The molecule has 40 heavy (non-hydrogen) atoms. The van der Waals surface area contributed by atoms with E-state index in [1.807, 2.05) is 29.8 Å². The van der Waals surface area contributed by atoms with Gasteiger partial charge < -0.3 is 24.8 Å². The smallest absolute Gasteiger partial charge is 0.249 e. The summed E-state index contributed by atoms with van der Waals surface area (Å²) in [5.41, 5.74) is 3.54. The number of benzene rings is 1. The van der Waals surface area contributed by atoms with Crippen molar-refractivity contribution >= 4 is 52.4 Å². The molecule has 0 radical (unpaired) electrons. The van der Waals surface area contributed by atoms with Crippen LogP contribution in [0.25, 0.3) is 0 Å². The maximum atomic E-state index is 13.2. The zero-order chi connectivity index (χ0) is 27.8. The van der Waals surface area contributed by atoms with Gasteiger partial charge >= 0.3 is 0 Å². The summed E-state index contributed by atoms with van der Waals surface area (Å²) in [6, 6.07) is 4.11. The number of hydrogen-bond donors (Lipinski definition) is 1. The number of carbonyl (C=O) groups is 2. The summed E-state index contributed by atoms with van der Waals surface area (Å²) < 4.78 is 5.77. The van der Waals surface area contributed by atoms with Crippen LogP contribution in [0.4, 0.5) is 28.8 Å². The lowest BCUT2D eigenvalue weighted by Crippen LogP contribution is -2.55. The summed E-state index contributed by atoms with van der Waals surface area (Å²) in [6.45, 7) is 5.13. The highest BCUT2D eigenvalue weighted by atomic mass is 32.2. The van der Waals surface area contributed by atoms with Crippen molar-refractivity contribution in [3.8, 4) is 5.75 Å². The van der Waals surface area contributed by atoms with E-state index < -0.39 is 0 Å². The SMILES string of the molecule is CC[C@@H]1C(=O)N(C)c2cnc(Nc3cc4c(cc3OC)N(C(=O)CN3CCSCC3)CC4)nc2N1C1CCCC1. The lowest BCUT2D eigenvalue weighted by Gasteiger charge is -2.43. The molecule has 214 valence electrons. The number of thioether (sulfide) groups is 1. The van der Waals surface area contributed by atoms with Crippen molar-refractivity contribution in [2.24, 2.45) is 0 Å². The standard InChI is InChI=1S/C29H39N7O3S/c1-4-22-28(38)33(2)24-17-30-29(32-27(24)36(22)20-7-5-6-8-20)31-21-15-19-9-10-35(23(19)16-25(21)39-3)26(37)18-34-11-13-40-14-12-34/h15-17,20,22H,4-14,18H2,1-3H3,(H,30,31,32)/t22-/m1/s1. The first-order valence-electron chi connectivity index (χ1n) is 14.5. The van der Waals surface area contributed by atoms with Crippen molar-refractivity contribution in [1.29, 1.82) is 0 Å². The van der Waals surface area contributed by atoms with Crippen LogP contribution < -0.4 is 24.8 Å². The topological polar surface area (TPSA) is 94.1 Å². The quantitative estimate of drug-likeness (QED) is 0.540. The third kappa shape index (κ3) is 4.98. The van der Waals surface area contributed by atoms with E-state index in [0.29, 0.717) is 30.8 Å². The molecule has 1 N–H and O–H groups in total. The molecule has 11 heteroatoms. The molecule has 6 rings (SSSR count). The number of methoxy groups -OCH3 is 1. The summed E-state index contributed by atoms with van der Waals surface area (Å²) >= 11 is 1.95. The largest absolute Gasteiger partial charge is 0.494 e. The number of nitrogens with one attached hydrogen (secondary N) is 1. The molecule has 4 aliphatic rings. The maximum absolute atomic E-state index is 13.2. The van der Waals surface area contributed by atoms with Gasteiger partial charge in [-0.3, -0.25) is 14.5 Å². The summed E-state index contributed by atoms with van der Waals surface area (Å²) in [5.74, 6) is 4.33. The van der Waals surface area contributed by atoms with E-state index in [0.717, 1.165) is 78.7 Å². The van der Waals surface area contributed by atoms with Crippen molar-refractivity contribution in [3.05, 3.63) is 23.9 Å². The van der Waals surface area contributed by atoms with E-state index >= 15 is 0 Å². The predicted molar refractivity (Wildman–Crippen MR) is 160 cm³/mol. The fourth-order valence-electron chi connectivity index (χ4n) is 6.54. The molecule has 1 aliphatic carbocycles. The molecule has 2 aromatic rings. The van der Waals surface area contributed by atoms with Gasteiger partial charge in [0.25, 0.3) is 0 Å². The second-order valence-electron chi connectivity index (χ2n) is 11.1. The van der Waals surface area contributed by atoms with Crippen LogP contribution >= 0.6 is 11.8 Å². The minimum atomic E-state index is -0.218. The van der Waals surface area contributed by atoms with Crippen LogP contribution in [0.15, 0.2) is 18.3 Å². The molecule has 1 saturated carbocycles. The number of hydrogen-bond acceptors (Lipinski definition) is 9. The number of carbonyl (C=O) groups excluding carboxylic acids is 2. The van der Waals surface area contributed by atoms with Crippen LogP contribution in [0.5, 0.6) is 5.75 Å². The van der Waals surface area contributed by atoms with Crippen LogP contribution in [-0.2, 0) is 16.0 Å². The highest BCUT2D eigenvalue weighted by Crippen LogP contribution is 2.42. The van der Waals surface area contributed by atoms with Crippen LogP contribution in [0.1, 0.15) is 44.6 Å². The van der Waals surface area contributed by atoms with Crippen molar-refractivity contribution in [1.82, 2.24) is 14.9 Å². The number of likely N-dealkylation sites (N-methyl/N-ethyl adjacent to an activating group) is 1. The zero-order valence-corrected chi connectivity index (χ0v) is 24.5. The molecule has 0 spiro atoms. The molecule has 0 bridgehead atoms. The van der Waals surface area contributed by atoms with Crippen molar-refractivity contribution in [2.75, 3.05) is 71.9 Å². The number of nitrogens with zero attached hydrogens (tertiary/aromatic N) is 6. The van der Waals surface area contributed by atoms with Crippen molar-refractivity contribution in [3.63, 3.8) is 0 Å². The summed E-state index contributed by atoms with van der Waals surface area (Å²) in [6.07, 6.45) is 7.77. The third-order valence-electron chi connectivity index (χ3n) is 8.72. The maximum Gasteiger partial charge on any atom is 0.249 e. The molecular formula is C29H39N7O3S. The number of fused-ring (bicyclic) bond motifs is 2. The van der Waals surface area contributed by atoms with E-state index in [1.54, 1.807) is 18.2 Å². The Morgan fingerprint density at radius 3 is 2.65 bits per heavy atom. The molecule has 1 atom stereocenters. The Balaban J connectivity index is 1.27. The van der Waals surface area contributed by atoms with Gasteiger partial charge in [0.2, 0.25) is 17.8 Å². The number of ether oxygens (including phenoxy) is 1. The number of aromatic nitrogens is 2. The van der Waals surface area contributed by atoms with Gasteiger partial charge in [0, 0.05) is 50.3 Å². The summed E-state index contributed by atoms with van der Waals surface area (Å²) in [7, 11) is 3.45. The number of rotatable bonds is 7. The molecule has 2 fully saturated rings. The fraction of sp³-hybridized carbons (Fsp3) is 0.586. The molecule has 1 aromatic heterocycles. The van der Waals surface area contributed by atoms with Gasteiger partial charge in [-0.2, -0.15) is 16.7 Å². The second-order valence-corrected chi connectivity index (χ2v) is 12.3. The Morgan fingerprint density at radius 1 is 1.15 bits per heavy atom. The van der Waals surface area contributed by atoms with Crippen LogP contribution in [0, 0.1) is 0 Å². The number of amides is 2. The Hall–Kier alpha value is -3.05. The Morgan fingerprint density at radius 2 is 1.93 bits per heavy atom. The third-order valence-corrected chi connectivity index (χ3v) is 9.66. The first-order valence-corrected chi connectivity index (χ1v) is 15.6. The summed E-state index contributed by atoms with van der Waals surface area (Å²) in [5, 5.41) is 3.39. The lowest BCUT2D eigenvalue weighted by atomic mass is 10.0. The molecule has 0 unspecified atom stereocenters. The Bertz CT molecular complexity index is 1280. The van der Waals surface area contributed by atoms with E-state index in [-0.39, 0.29) is 17.9 Å². The van der Waals surface area contributed by atoms with Gasteiger partial charge in [0.1, 0.15) is 17.5 Å². The van der Waals surface area contributed by atoms with Crippen molar-refractivity contribution < 1.29 is 14.3 Å². The normalized spacial score (nSPS) is 21.5. The highest BCUT2D eigenvalue weighted by Gasteiger charge is 2.41.